The van der Waals surface area contributed by atoms with Crippen LogP contribution in [-0.4, -0.2) is 0 Å². The quantitative estimate of drug-likeness (QED) is 0.213. The highest BCUT2D eigenvalue weighted by atomic mass is 14.2. The highest BCUT2D eigenvalue weighted by Crippen LogP contribution is 2.47. The van der Waals surface area contributed by atoms with Crippen molar-refractivity contribution < 1.29 is 0 Å². The lowest BCUT2D eigenvalue weighted by Gasteiger charge is -2.24. The van der Waals surface area contributed by atoms with E-state index in [0.29, 0.717) is 0 Å². The second kappa shape index (κ2) is 8.57. The second-order valence-electron chi connectivity index (χ2n) is 11.3. The van der Waals surface area contributed by atoms with E-state index in [1.54, 1.807) is 0 Å². The zero-order valence-electron chi connectivity index (χ0n) is 22.1. The maximum absolute atomic E-state index is 2.36. The summed E-state index contributed by atoms with van der Waals surface area (Å²) in [5.74, 6) is 0. The van der Waals surface area contributed by atoms with E-state index in [0.717, 1.165) is 0 Å². The third kappa shape index (κ3) is 3.45. The SMILES string of the molecule is CC(C)(C)c1ccc(-c2c3ccccc3c(-c3cccc4ccccc34)c3ccccc23)c2ccccc12. The van der Waals surface area contributed by atoms with Crippen molar-refractivity contribution in [3.63, 3.8) is 0 Å². The number of rotatable bonds is 2. The standard InChI is InChI=1S/C38H30/c1-38(2,3)35-24-23-34(27-16-6-7-17-28(27)35)37-32-20-10-8-18-30(32)36(31-19-9-11-21-33(31)37)29-22-12-14-25-13-4-5-15-26(25)29/h4-24H,1-3H3. The van der Waals surface area contributed by atoms with Crippen LogP contribution in [-0.2, 0) is 5.41 Å². The molecule has 0 fully saturated rings. The van der Waals surface area contributed by atoms with E-state index < -0.39 is 0 Å². The molecule has 0 N–H and O–H groups in total. The van der Waals surface area contributed by atoms with Gasteiger partial charge in [-0.05, 0) is 76.3 Å². The lowest BCUT2D eigenvalue weighted by molar-refractivity contribution is 0.596. The Labute approximate surface area is 224 Å². The molecule has 0 heteroatoms. The molecule has 0 aliphatic rings. The van der Waals surface area contributed by atoms with E-state index >= 15 is 0 Å². The first-order valence-electron chi connectivity index (χ1n) is 13.5. The number of benzene rings is 7. The van der Waals surface area contributed by atoms with Gasteiger partial charge in [0.1, 0.15) is 0 Å². The molecular weight excluding hydrogens is 456 g/mol. The van der Waals surface area contributed by atoms with Gasteiger partial charge in [0.25, 0.3) is 0 Å². The molecule has 0 saturated heterocycles. The molecule has 7 aromatic carbocycles. The molecule has 182 valence electrons. The summed E-state index contributed by atoms with van der Waals surface area (Å²) in [6.45, 7) is 6.91. The molecule has 0 bridgehead atoms. The van der Waals surface area contributed by atoms with Crippen LogP contribution < -0.4 is 0 Å². The molecule has 0 spiro atoms. The Morgan fingerprint density at radius 2 is 0.763 bits per heavy atom. The van der Waals surface area contributed by atoms with E-state index in [2.05, 4.69) is 148 Å². The smallest absolute Gasteiger partial charge is 0.00201 e. The zero-order valence-corrected chi connectivity index (χ0v) is 22.1. The van der Waals surface area contributed by atoms with E-state index in [1.807, 2.05) is 0 Å². The minimum atomic E-state index is 0.0699. The number of hydrogen-bond acceptors (Lipinski definition) is 0. The summed E-state index contributed by atoms with van der Waals surface area (Å²) < 4.78 is 0. The maximum Gasteiger partial charge on any atom is -0.00201 e. The molecule has 0 unspecified atom stereocenters. The van der Waals surface area contributed by atoms with E-state index in [-0.39, 0.29) is 5.41 Å². The monoisotopic (exact) mass is 486 g/mol. The summed E-state index contributed by atoms with van der Waals surface area (Å²) in [6.07, 6.45) is 0. The molecule has 0 aliphatic carbocycles. The molecule has 0 aromatic heterocycles. The Morgan fingerprint density at radius 3 is 1.32 bits per heavy atom. The summed E-state index contributed by atoms with van der Waals surface area (Å²) in [6, 6.07) is 47.0. The van der Waals surface area contributed by atoms with E-state index in [4.69, 9.17) is 0 Å². The van der Waals surface area contributed by atoms with Crippen LogP contribution in [0.1, 0.15) is 26.3 Å². The molecule has 0 heterocycles. The summed E-state index contributed by atoms with van der Waals surface area (Å²) in [5, 5.41) is 10.4. The van der Waals surface area contributed by atoms with Crippen LogP contribution in [0.15, 0.2) is 127 Å². The molecule has 0 radical (unpaired) electrons. The van der Waals surface area contributed by atoms with Gasteiger partial charge in [0.05, 0.1) is 0 Å². The molecule has 0 saturated carbocycles. The first kappa shape index (κ1) is 22.8. The molecule has 0 aliphatic heterocycles. The highest BCUT2D eigenvalue weighted by Gasteiger charge is 2.22. The molecule has 7 rings (SSSR count). The fourth-order valence-corrected chi connectivity index (χ4v) is 6.32. The van der Waals surface area contributed by atoms with Gasteiger partial charge in [-0.15, -0.1) is 0 Å². The molecule has 7 aromatic rings. The number of hydrogen-bond donors (Lipinski definition) is 0. The van der Waals surface area contributed by atoms with Crippen molar-refractivity contribution >= 4 is 43.1 Å². The van der Waals surface area contributed by atoms with Crippen molar-refractivity contribution in [2.45, 2.75) is 26.2 Å². The van der Waals surface area contributed by atoms with Crippen molar-refractivity contribution in [3.05, 3.63) is 133 Å². The van der Waals surface area contributed by atoms with Crippen molar-refractivity contribution in [1.82, 2.24) is 0 Å². The normalized spacial score (nSPS) is 12.1. The minimum absolute atomic E-state index is 0.0699. The van der Waals surface area contributed by atoms with Gasteiger partial charge in [0.2, 0.25) is 0 Å². The third-order valence-electron chi connectivity index (χ3n) is 7.99. The van der Waals surface area contributed by atoms with E-state index in [9.17, 15) is 0 Å². The zero-order chi connectivity index (χ0) is 25.9. The van der Waals surface area contributed by atoms with Crippen molar-refractivity contribution in [3.8, 4) is 22.3 Å². The van der Waals surface area contributed by atoms with Crippen LogP contribution in [0, 0.1) is 0 Å². The van der Waals surface area contributed by atoms with Gasteiger partial charge in [0.15, 0.2) is 0 Å². The predicted molar refractivity (Wildman–Crippen MR) is 166 cm³/mol. The first-order chi connectivity index (χ1) is 18.5. The summed E-state index contributed by atoms with van der Waals surface area (Å²) in [7, 11) is 0. The average Bonchev–Trinajstić information content (AvgIpc) is 2.95. The van der Waals surface area contributed by atoms with Gasteiger partial charge in [-0.2, -0.15) is 0 Å². The Balaban J connectivity index is 1.66. The first-order valence-corrected chi connectivity index (χ1v) is 13.5. The van der Waals surface area contributed by atoms with Crippen LogP contribution in [0.25, 0.3) is 65.3 Å². The Morgan fingerprint density at radius 1 is 0.342 bits per heavy atom. The number of fused-ring (bicyclic) bond motifs is 4. The van der Waals surface area contributed by atoms with E-state index in [1.165, 1.54) is 70.9 Å². The minimum Gasteiger partial charge on any atom is -0.0616 e. The van der Waals surface area contributed by atoms with Crippen LogP contribution in [0.3, 0.4) is 0 Å². The largest absolute Gasteiger partial charge is 0.0616 e. The average molecular weight is 487 g/mol. The summed E-state index contributed by atoms with van der Waals surface area (Å²) >= 11 is 0. The summed E-state index contributed by atoms with van der Waals surface area (Å²) in [4.78, 5) is 0. The second-order valence-corrected chi connectivity index (χ2v) is 11.3. The fourth-order valence-electron chi connectivity index (χ4n) is 6.32. The highest BCUT2D eigenvalue weighted by molar-refractivity contribution is 6.25. The Hall–Kier alpha value is -4.42. The molecule has 0 atom stereocenters. The van der Waals surface area contributed by atoms with Crippen LogP contribution >= 0.6 is 0 Å². The van der Waals surface area contributed by atoms with Crippen LogP contribution in [0.4, 0.5) is 0 Å². The predicted octanol–water partition coefficient (Wildman–Crippen LogP) is 10.9. The van der Waals surface area contributed by atoms with Gasteiger partial charge in [0, 0.05) is 0 Å². The van der Waals surface area contributed by atoms with Gasteiger partial charge in [-0.3, -0.25) is 0 Å². The van der Waals surface area contributed by atoms with Gasteiger partial charge >= 0.3 is 0 Å². The molecule has 0 amide bonds. The van der Waals surface area contributed by atoms with Crippen molar-refractivity contribution in [2.75, 3.05) is 0 Å². The maximum atomic E-state index is 2.36. The fraction of sp³-hybridized carbons (Fsp3) is 0.105. The topological polar surface area (TPSA) is 0 Å². The van der Waals surface area contributed by atoms with Crippen molar-refractivity contribution in [1.29, 1.82) is 0 Å². The summed E-state index contributed by atoms with van der Waals surface area (Å²) in [5.41, 5.74) is 6.67. The van der Waals surface area contributed by atoms with Gasteiger partial charge in [-0.25, -0.2) is 0 Å². The Bertz CT molecular complexity index is 1940. The van der Waals surface area contributed by atoms with Gasteiger partial charge in [-0.1, -0.05) is 148 Å². The lowest BCUT2D eigenvalue weighted by Crippen LogP contribution is -2.11. The van der Waals surface area contributed by atoms with Gasteiger partial charge < -0.3 is 0 Å². The third-order valence-corrected chi connectivity index (χ3v) is 7.99. The Kier molecular flexibility index (Phi) is 5.13. The molecule has 0 nitrogen and oxygen atoms in total. The van der Waals surface area contributed by atoms with Crippen molar-refractivity contribution in [2.24, 2.45) is 0 Å². The molecular formula is C38H30. The molecule has 38 heavy (non-hydrogen) atoms. The van der Waals surface area contributed by atoms with Crippen LogP contribution in [0.5, 0.6) is 0 Å². The van der Waals surface area contributed by atoms with Crippen LogP contribution in [0.2, 0.25) is 0 Å². The lowest BCUT2D eigenvalue weighted by atomic mass is 9.80.